The van der Waals surface area contributed by atoms with Gasteiger partial charge in [-0.2, -0.15) is 0 Å². The Balaban J connectivity index is 2.25. The molecule has 2 rings (SSSR count). The van der Waals surface area contributed by atoms with Crippen LogP contribution in [0.3, 0.4) is 0 Å². The van der Waals surface area contributed by atoms with E-state index in [2.05, 4.69) is 0 Å². The summed E-state index contributed by atoms with van der Waals surface area (Å²) in [5, 5.41) is 0. The van der Waals surface area contributed by atoms with Crippen LogP contribution in [-0.4, -0.2) is 14.2 Å². The van der Waals surface area contributed by atoms with Crippen LogP contribution in [-0.2, 0) is 12.4 Å². The first kappa shape index (κ1) is 14.7. The number of nitrogens with zero attached hydrogens (tertiary/aromatic N) is 1. The number of rotatable bonds is 5. The van der Waals surface area contributed by atoms with Crippen LogP contribution in [0.5, 0.6) is 5.75 Å². The van der Waals surface area contributed by atoms with Crippen LogP contribution in [0.25, 0.3) is 0 Å². The van der Waals surface area contributed by atoms with Crippen LogP contribution in [0, 0.1) is 5.82 Å². The maximum absolute atomic E-state index is 14.0. The van der Waals surface area contributed by atoms with E-state index in [-0.39, 0.29) is 11.7 Å². The van der Waals surface area contributed by atoms with Crippen molar-refractivity contribution in [2.75, 3.05) is 19.1 Å². The van der Waals surface area contributed by atoms with Gasteiger partial charge in [0, 0.05) is 19.5 Å². The van der Waals surface area contributed by atoms with Crippen LogP contribution in [0.4, 0.5) is 10.1 Å². The lowest BCUT2D eigenvalue weighted by Crippen LogP contribution is -2.19. The van der Waals surface area contributed by atoms with Crippen molar-refractivity contribution in [2.24, 2.45) is 0 Å². The molecule has 2 nitrogen and oxygen atoms in total. The summed E-state index contributed by atoms with van der Waals surface area (Å²) < 4.78 is 19.2. The number of hydrogen-bond acceptors (Lipinski definition) is 2. The molecule has 0 atom stereocenters. The van der Waals surface area contributed by atoms with Crippen LogP contribution < -0.4 is 9.64 Å². The van der Waals surface area contributed by atoms with Crippen LogP contribution in [0.1, 0.15) is 11.1 Å². The molecule has 0 spiro atoms. The van der Waals surface area contributed by atoms with E-state index in [4.69, 9.17) is 16.3 Å². The third-order valence-electron chi connectivity index (χ3n) is 3.15. The molecule has 0 saturated heterocycles. The first-order valence-electron chi connectivity index (χ1n) is 6.33. The van der Waals surface area contributed by atoms with Gasteiger partial charge in [-0.15, -0.1) is 11.6 Å². The lowest BCUT2D eigenvalue weighted by atomic mass is 10.1. The largest absolute Gasteiger partial charge is 0.497 e. The van der Waals surface area contributed by atoms with E-state index in [0.29, 0.717) is 12.2 Å². The molecule has 0 aliphatic rings. The van der Waals surface area contributed by atoms with Gasteiger partial charge in [-0.3, -0.25) is 0 Å². The lowest BCUT2D eigenvalue weighted by Gasteiger charge is -2.22. The molecule has 0 N–H and O–H groups in total. The van der Waals surface area contributed by atoms with E-state index >= 15 is 0 Å². The summed E-state index contributed by atoms with van der Waals surface area (Å²) in [5.74, 6) is 0.825. The Morgan fingerprint density at radius 1 is 1.20 bits per heavy atom. The highest BCUT2D eigenvalue weighted by molar-refractivity contribution is 6.17. The summed E-state index contributed by atoms with van der Waals surface area (Å²) in [6.07, 6.45) is 0. The molecule has 0 saturated carbocycles. The third kappa shape index (κ3) is 3.23. The van der Waals surface area contributed by atoms with Gasteiger partial charge in [0.2, 0.25) is 0 Å². The first-order chi connectivity index (χ1) is 9.65. The second-order valence-electron chi connectivity index (χ2n) is 4.59. The van der Waals surface area contributed by atoms with Gasteiger partial charge in [-0.05, 0) is 29.3 Å². The Kier molecular flexibility index (Phi) is 4.85. The molecular weight excluding hydrogens is 277 g/mol. The molecule has 0 aliphatic heterocycles. The zero-order chi connectivity index (χ0) is 14.5. The molecule has 0 aromatic heterocycles. The highest BCUT2D eigenvalue weighted by atomic mass is 35.5. The number of para-hydroxylation sites is 1. The van der Waals surface area contributed by atoms with Crippen molar-refractivity contribution in [1.82, 2.24) is 0 Å². The molecule has 0 fully saturated rings. The molecule has 2 aromatic rings. The number of anilines is 1. The van der Waals surface area contributed by atoms with Crippen molar-refractivity contribution in [3.05, 3.63) is 59.4 Å². The summed E-state index contributed by atoms with van der Waals surface area (Å²) in [7, 11) is 3.49. The standard InChI is InChI=1S/C16H17ClFNO/c1-19(11-12-5-3-7-14(9-12)20-2)16-13(10-17)6-4-8-15(16)18/h3-9H,10-11H2,1-2H3. The van der Waals surface area contributed by atoms with Crippen LogP contribution in [0.2, 0.25) is 0 Å². The topological polar surface area (TPSA) is 12.5 Å². The minimum atomic E-state index is -0.256. The quantitative estimate of drug-likeness (QED) is 0.766. The number of benzene rings is 2. The zero-order valence-electron chi connectivity index (χ0n) is 11.6. The number of hydrogen-bond donors (Lipinski definition) is 0. The third-order valence-corrected chi connectivity index (χ3v) is 3.44. The SMILES string of the molecule is COc1cccc(CN(C)c2c(F)cccc2CCl)c1. The van der Waals surface area contributed by atoms with E-state index in [1.54, 1.807) is 13.2 Å². The Hall–Kier alpha value is -1.74. The highest BCUT2D eigenvalue weighted by Crippen LogP contribution is 2.26. The second kappa shape index (κ2) is 6.62. The molecule has 0 unspecified atom stereocenters. The normalized spacial score (nSPS) is 10.4. The predicted octanol–water partition coefficient (Wildman–Crippen LogP) is 4.21. The molecule has 0 bridgehead atoms. The number of ether oxygens (including phenoxy) is 1. The maximum atomic E-state index is 14.0. The smallest absolute Gasteiger partial charge is 0.146 e. The molecule has 0 radical (unpaired) electrons. The van der Waals surface area contributed by atoms with E-state index in [1.165, 1.54) is 6.07 Å². The fraction of sp³-hybridized carbons (Fsp3) is 0.250. The molecule has 20 heavy (non-hydrogen) atoms. The van der Waals surface area contributed by atoms with Crippen molar-refractivity contribution >= 4 is 17.3 Å². The lowest BCUT2D eigenvalue weighted by molar-refractivity contribution is 0.414. The van der Waals surface area contributed by atoms with Crippen LogP contribution in [0.15, 0.2) is 42.5 Å². The van der Waals surface area contributed by atoms with Gasteiger partial charge in [0.05, 0.1) is 12.8 Å². The number of alkyl halides is 1. The first-order valence-corrected chi connectivity index (χ1v) is 6.86. The second-order valence-corrected chi connectivity index (χ2v) is 4.86. The summed E-state index contributed by atoms with van der Waals surface area (Å²) in [6.45, 7) is 0.585. The molecule has 0 aliphatic carbocycles. The van der Waals surface area contributed by atoms with Crippen molar-refractivity contribution in [2.45, 2.75) is 12.4 Å². The van der Waals surface area contributed by atoms with E-state index < -0.39 is 0 Å². The number of halogens is 2. The summed E-state index contributed by atoms with van der Waals surface area (Å²) >= 11 is 5.89. The van der Waals surface area contributed by atoms with E-state index in [9.17, 15) is 4.39 Å². The van der Waals surface area contributed by atoms with Gasteiger partial charge < -0.3 is 9.64 Å². The number of methoxy groups -OCH3 is 1. The fourth-order valence-corrected chi connectivity index (χ4v) is 2.43. The summed E-state index contributed by atoms with van der Waals surface area (Å²) in [6, 6.07) is 12.7. The van der Waals surface area contributed by atoms with Gasteiger partial charge in [0.1, 0.15) is 11.6 Å². The fourth-order valence-electron chi connectivity index (χ4n) is 2.22. The molecule has 0 heterocycles. The average molecular weight is 294 g/mol. The van der Waals surface area contributed by atoms with Gasteiger partial charge in [-0.25, -0.2) is 4.39 Å². The van der Waals surface area contributed by atoms with Crippen molar-refractivity contribution in [3.8, 4) is 5.75 Å². The molecule has 0 amide bonds. The monoisotopic (exact) mass is 293 g/mol. The van der Waals surface area contributed by atoms with E-state index in [0.717, 1.165) is 16.9 Å². The molecule has 2 aromatic carbocycles. The Labute approximate surface area is 123 Å². The molecule has 4 heteroatoms. The Morgan fingerprint density at radius 2 is 1.95 bits per heavy atom. The Morgan fingerprint density at radius 3 is 2.65 bits per heavy atom. The van der Waals surface area contributed by atoms with Crippen molar-refractivity contribution in [3.63, 3.8) is 0 Å². The minimum absolute atomic E-state index is 0.256. The Bertz CT molecular complexity index is 588. The highest BCUT2D eigenvalue weighted by Gasteiger charge is 2.13. The predicted molar refractivity (Wildman–Crippen MR) is 81.1 cm³/mol. The van der Waals surface area contributed by atoms with Crippen molar-refractivity contribution < 1.29 is 9.13 Å². The summed E-state index contributed by atoms with van der Waals surface area (Å²) in [4.78, 5) is 1.86. The average Bonchev–Trinajstić information content (AvgIpc) is 2.46. The van der Waals surface area contributed by atoms with Crippen molar-refractivity contribution in [1.29, 1.82) is 0 Å². The van der Waals surface area contributed by atoms with Gasteiger partial charge in [0.15, 0.2) is 0 Å². The van der Waals surface area contributed by atoms with Gasteiger partial charge >= 0.3 is 0 Å². The van der Waals surface area contributed by atoms with Gasteiger partial charge in [-0.1, -0.05) is 24.3 Å². The van der Waals surface area contributed by atoms with Crippen LogP contribution >= 0.6 is 11.6 Å². The molecule has 106 valence electrons. The zero-order valence-corrected chi connectivity index (χ0v) is 12.3. The maximum Gasteiger partial charge on any atom is 0.146 e. The van der Waals surface area contributed by atoms with E-state index in [1.807, 2.05) is 42.3 Å². The van der Waals surface area contributed by atoms with Gasteiger partial charge in [0.25, 0.3) is 0 Å². The minimum Gasteiger partial charge on any atom is -0.497 e. The molecular formula is C16H17ClFNO. The summed E-state index contributed by atoms with van der Waals surface area (Å²) in [5.41, 5.74) is 2.39.